The number of hydrogen-bond acceptors (Lipinski definition) is 7. The fraction of sp³-hybridized carbons (Fsp3) is 0.188. The average Bonchev–Trinajstić information content (AvgIpc) is 2.81. The first-order valence-electron chi connectivity index (χ1n) is 6.93. The molecule has 0 aliphatic carbocycles. The van der Waals surface area contributed by atoms with Crippen LogP contribution in [0.1, 0.15) is 5.56 Å². The van der Waals surface area contributed by atoms with Crippen LogP contribution >= 0.6 is 23.4 Å². The molecule has 1 aliphatic heterocycles. The molecule has 0 radical (unpaired) electrons. The number of hydrogen-bond donors (Lipinski definition) is 0. The van der Waals surface area contributed by atoms with E-state index in [0.717, 1.165) is 16.7 Å². The largest absolute Gasteiger partial charge is 0.546 e. The minimum Gasteiger partial charge on any atom is -0.546 e. The topological polar surface area (TPSA) is 96.0 Å². The Balaban J connectivity index is 2.33. The number of amides is 2. The number of ether oxygens (including phenoxy) is 2. The molecule has 25 heavy (non-hydrogen) atoms. The van der Waals surface area contributed by atoms with E-state index >= 15 is 0 Å². The van der Waals surface area contributed by atoms with Crippen molar-refractivity contribution in [1.82, 2.24) is 4.90 Å². The van der Waals surface area contributed by atoms with Crippen molar-refractivity contribution in [2.75, 3.05) is 20.3 Å². The summed E-state index contributed by atoms with van der Waals surface area (Å²) in [5, 5.41) is 10.2. The van der Waals surface area contributed by atoms with E-state index in [2.05, 4.69) is 6.58 Å². The Hall–Kier alpha value is -2.45. The number of carboxylic acid groups (broad SMARTS) is 1. The Morgan fingerprint density at radius 1 is 1.44 bits per heavy atom. The molecule has 1 aromatic carbocycles. The Kier molecular flexibility index (Phi) is 6.11. The summed E-state index contributed by atoms with van der Waals surface area (Å²) in [6.45, 7) is 2.95. The van der Waals surface area contributed by atoms with Crippen molar-refractivity contribution < 1.29 is 29.0 Å². The quantitative estimate of drug-likeness (QED) is 0.523. The highest BCUT2D eigenvalue weighted by molar-refractivity contribution is 8.18. The summed E-state index contributed by atoms with van der Waals surface area (Å²) in [6, 6.07) is 2.98. The van der Waals surface area contributed by atoms with Crippen LogP contribution in [-0.2, 0) is 9.59 Å². The molecule has 7 nitrogen and oxygen atoms in total. The van der Waals surface area contributed by atoms with Gasteiger partial charge in [-0.3, -0.25) is 14.5 Å². The molecule has 9 heteroatoms. The maximum atomic E-state index is 12.2. The van der Waals surface area contributed by atoms with Gasteiger partial charge in [0.15, 0.2) is 11.5 Å². The van der Waals surface area contributed by atoms with Crippen LogP contribution in [0.25, 0.3) is 6.08 Å². The van der Waals surface area contributed by atoms with Crippen LogP contribution in [-0.4, -0.2) is 42.3 Å². The summed E-state index contributed by atoms with van der Waals surface area (Å²) in [4.78, 5) is 35.8. The molecule has 0 N–H and O–H groups in total. The number of methoxy groups -OCH3 is 1. The van der Waals surface area contributed by atoms with Crippen molar-refractivity contribution in [3.63, 3.8) is 0 Å². The SMILES string of the molecule is C=CCN1C(=O)S/C(=C\c2cc(Cl)c(OCC(=O)[O-])c(OC)c2)C1=O. The van der Waals surface area contributed by atoms with E-state index in [9.17, 15) is 19.5 Å². The van der Waals surface area contributed by atoms with Crippen LogP contribution in [0.15, 0.2) is 29.7 Å². The van der Waals surface area contributed by atoms with Crippen molar-refractivity contribution in [3.05, 3.63) is 40.3 Å². The normalized spacial score (nSPS) is 15.6. The van der Waals surface area contributed by atoms with Crippen LogP contribution in [0.5, 0.6) is 11.5 Å². The molecule has 1 fully saturated rings. The number of carboxylic acids is 1. The number of rotatable bonds is 7. The lowest BCUT2D eigenvalue weighted by atomic mass is 10.1. The van der Waals surface area contributed by atoms with Crippen molar-refractivity contribution in [3.8, 4) is 11.5 Å². The smallest absolute Gasteiger partial charge is 0.293 e. The molecular weight excluding hydrogens is 370 g/mol. The molecule has 0 aromatic heterocycles. The summed E-state index contributed by atoms with van der Waals surface area (Å²) in [6.07, 6.45) is 2.95. The van der Waals surface area contributed by atoms with Gasteiger partial charge >= 0.3 is 0 Å². The third-order valence-electron chi connectivity index (χ3n) is 3.07. The van der Waals surface area contributed by atoms with Gasteiger partial charge in [-0.05, 0) is 35.5 Å². The van der Waals surface area contributed by atoms with Crippen molar-refractivity contribution in [2.45, 2.75) is 0 Å². The van der Waals surface area contributed by atoms with E-state index in [-0.39, 0.29) is 33.2 Å². The summed E-state index contributed by atoms with van der Waals surface area (Å²) in [5.41, 5.74) is 0.492. The van der Waals surface area contributed by atoms with Crippen LogP contribution in [0.3, 0.4) is 0 Å². The standard InChI is InChI=1S/C16H14ClNO6S/c1-3-4-18-15(21)12(25-16(18)22)7-9-5-10(17)14(11(6-9)23-2)24-8-13(19)20/h3,5-7H,1,4,8H2,2H3,(H,19,20)/p-1/b12-7-. The summed E-state index contributed by atoms with van der Waals surface area (Å²) < 4.78 is 10.2. The van der Waals surface area contributed by atoms with Gasteiger partial charge in [0.25, 0.3) is 11.1 Å². The van der Waals surface area contributed by atoms with E-state index < -0.39 is 18.5 Å². The predicted octanol–water partition coefficient (Wildman–Crippen LogP) is 1.70. The summed E-state index contributed by atoms with van der Waals surface area (Å²) >= 11 is 6.90. The zero-order valence-corrected chi connectivity index (χ0v) is 14.7. The van der Waals surface area contributed by atoms with Gasteiger partial charge in [0.1, 0.15) is 6.61 Å². The van der Waals surface area contributed by atoms with Gasteiger partial charge in [-0.1, -0.05) is 17.7 Å². The number of carbonyl (C=O) groups excluding carboxylic acids is 3. The maximum absolute atomic E-state index is 12.2. The first-order chi connectivity index (χ1) is 11.9. The van der Waals surface area contributed by atoms with E-state index in [1.165, 1.54) is 31.4 Å². The molecule has 0 atom stereocenters. The monoisotopic (exact) mass is 382 g/mol. The molecule has 2 rings (SSSR count). The molecule has 1 aliphatic rings. The van der Waals surface area contributed by atoms with E-state index in [1.807, 2.05) is 0 Å². The molecule has 0 saturated carbocycles. The molecule has 1 saturated heterocycles. The van der Waals surface area contributed by atoms with Crippen molar-refractivity contribution in [2.24, 2.45) is 0 Å². The third kappa shape index (κ3) is 4.34. The number of imide groups is 1. The van der Waals surface area contributed by atoms with Gasteiger partial charge < -0.3 is 19.4 Å². The van der Waals surface area contributed by atoms with Crippen molar-refractivity contribution >= 4 is 46.6 Å². The predicted molar refractivity (Wildman–Crippen MR) is 91.4 cm³/mol. The van der Waals surface area contributed by atoms with Crippen molar-refractivity contribution in [1.29, 1.82) is 0 Å². The lowest BCUT2D eigenvalue weighted by Crippen LogP contribution is -2.29. The number of thioether (sulfide) groups is 1. The van der Waals surface area contributed by atoms with Crippen LogP contribution in [0.2, 0.25) is 5.02 Å². The number of nitrogens with zero attached hydrogens (tertiary/aromatic N) is 1. The van der Waals surface area contributed by atoms with Crippen LogP contribution < -0.4 is 14.6 Å². The number of halogens is 1. The number of benzene rings is 1. The summed E-state index contributed by atoms with van der Waals surface area (Å²) in [5.74, 6) is -1.60. The second kappa shape index (κ2) is 8.09. The molecular formula is C16H13ClNO6S-. The molecule has 0 spiro atoms. The van der Waals surface area contributed by atoms with Gasteiger partial charge in [-0.25, -0.2) is 0 Å². The average molecular weight is 383 g/mol. The van der Waals surface area contributed by atoms with Gasteiger partial charge in [0, 0.05) is 6.54 Å². The van der Waals surface area contributed by atoms with Crippen LogP contribution in [0, 0.1) is 0 Å². The first kappa shape index (κ1) is 18.9. The lowest BCUT2D eigenvalue weighted by molar-refractivity contribution is -0.307. The second-order valence-electron chi connectivity index (χ2n) is 4.78. The first-order valence-corrected chi connectivity index (χ1v) is 8.13. The van der Waals surface area contributed by atoms with Gasteiger partial charge in [0.2, 0.25) is 0 Å². The second-order valence-corrected chi connectivity index (χ2v) is 6.18. The van der Waals surface area contributed by atoms with E-state index in [0.29, 0.717) is 5.56 Å². The van der Waals surface area contributed by atoms with Gasteiger partial charge in [0.05, 0.1) is 23.0 Å². The molecule has 132 valence electrons. The molecule has 0 bridgehead atoms. The Morgan fingerprint density at radius 3 is 2.76 bits per heavy atom. The molecule has 2 amide bonds. The minimum atomic E-state index is -1.40. The Bertz CT molecular complexity index is 776. The maximum Gasteiger partial charge on any atom is 0.293 e. The van der Waals surface area contributed by atoms with E-state index in [1.54, 1.807) is 0 Å². The van der Waals surface area contributed by atoms with Crippen LogP contribution in [0.4, 0.5) is 4.79 Å². The van der Waals surface area contributed by atoms with Gasteiger partial charge in [-0.15, -0.1) is 6.58 Å². The highest BCUT2D eigenvalue weighted by atomic mass is 35.5. The van der Waals surface area contributed by atoms with E-state index in [4.69, 9.17) is 21.1 Å². The lowest BCUT2D eigenvalue weighted by Gasteiger charge is -2.13. The molecule has 1 aromatic rings. The zero-order valence-electron chi connectivity index (χ0n) is 13.1. The highest BCUT2D eigenvalue weighted by Gasteiger charge is 2.34. The van der Waals surface area contributed by atoms with Gasteiger partial charge in [-0.2, -0.15) is 0 Å². The highest BCUT2D eigenvalue weighted by Crippen LogP contribution is 2.38. The Labute approximate surface area is 152 Å². The fourth-order valence-corrected chi connectivity index (χ4v) is 3.15. The molecule has 0 unspecified atom stereocenters. The Morgan fingerprint density at radius 2 is 2.16 bits per heavy atom. The zero-order chi connectivity index (χ0) is 18.6. The third-order valence-corrected chi connectivity index (χ3v) is 4.26. The minimum absolute atomic E-state index is 0.0466. The summed E-state index contributed by atoms with van der Waals surface area (Å²) in [7, 11) is 1.36. The number of carbonyl (C=O) groups is 3. The molecule has 1 heterocycles. The number of aliphatic carboxylic acids is 1. The fourth-order valence-electron chi connectivity index (χ4n) is 2.03.